The number of hydrogen-bond donors (Lipinski definition) is 2. The first-order valence-corrected chi connectivity index (χ1v) is 12.5. The number of Topliss-reactive ketones (excluding diaryl/α,β-unsaturated/α-hetero) is 1. The highest BCUT2D eigenvalue weighted by atomic mass is 32.1. The third kappa shape index (κ3) is 4.60. The van der Waals surface area contributed by atoms with Crippen LogP contribution in [0.5, 0.6) is 0 Å². The van der Waals surface area contributed by atoms with E-state index in [9.17, 15) is 22.8 Å². The van der Waals surface area contributed by atoms with Crippen molar-refractivity contribution in [2.45, 2.75) is 37.8 Å². The Kier molecular flexibility index (Phi) is 6.30. The SMILES string of the molecule is CC1=C(C(=O)Nc2cccc(C(F)(F)F)c2)[C@H](c2ccsc2)C2=C(C[C@H](c3ccccc3)CC2=O)N1. The first-order chi connectivity index (χ1) is 17.2. The van der Waals surface area contributed by atoms with Gasteiger partial charge in [0.25, 0.3) is 5.91 Å². The van der Waals surface area contributed by atoms with Gasteiger partial charge in [0, 0.05) is 40.6 Å². The number of amides is 1. The zero-order valence-corrected chi connectivity index (χ0v) is 20.2. The Balaban J connectivity index is 1.50. The summed E-state index contributed by atoms with van der Waals surface area (Å²) < 4.78 is 39.5. The molecule has 8 heteroatoms. The van der Waals surface area contributed by atoms with E-state index < -0.39 is 23.6 Å². The molecule has 1 amide bonds. The van der Waals surface area contributed by atoms with Gasteiger partial charge in [0.05, 0.1) is 5.56 Å². The number of carbonyl (C=O) groups is 2. The molecule has 1 aromatic heterocycles. The lowest BCUT2D eigenvalue weighted by Crippen LogP contribution is -2.37. The Hall–Kier alpha value is -3.65. The molecular weight excluding hydrogens is 485 g/mol. The first kappa shape index (κ1) is 24.1. The number of hydrogen-bond acceptors (Lipinski definition) is 4. The molecule has 2 atom stereocenters. The van der Waals surface area contributed by atoms with Crippen molar-refractivity contribution in [1.82, 2.24) is 5.32 Å². The van der Waals surface area contributed by atoms with E-state index in [-0.39, 0.29) is 17.4 Å². The van der Waals surface area contributed by atoms with Crippen molar-refractivity contribution in [2.24, 2.45) is 0 Å². The van der Waals surface area contributed by atoms with E-state index in [0.29, 0.717) is 29.7 Å². The second-order valence-corrected chi connectivity index (χ2v) is 9.80. The highest BCUT2D eigenvalue weighted by Crippen LogP contribution is 2.46. The monoisotopic (exact) mass is 508 g/mol. The number of rotatable bonds is 4. The molecule has 0 unspecified atom stereocenters. The summed E-state index contributed by atoms with van der Waals surface area (Å²) in [5.41, 5.74) is 3.35. The second-order valence-electron chi connectivity index (χ2n) is 9.02. The Morgan fingerprint density at radius 2 is 1.81 bits per heavy atom. The Morgan fingerprint density at radius 3 is 2.50 bits per heavy atom. The normalized spacial score (nSPS) is 20.2. The molecule has 0 radical (unpaired) electrons. The van der Waals surface area contributed by atoms with Crippen LogP contribution in [0.2, 0.25) is 0 Å². The summed E-state index contributed by atoms with van der Waals surface area (Å²) in [6.07, 6.45) is -3.57. The molecule has 1 aliphatic carbocycles. The zero-order valence-electron chi connectivity index (χ0n) is 19.4. The van der Waals surface area contributed by atoms with Crippen molar-refractivity contribution in [3.63, 3.8) is 0 Å². The van der Waals surface area contributed by atoms with Crippen LogP contribution in [-0.4, -0.2) is 11.7 Å². The maximum absolute atomic E-state index is 13.5. The highest BCUT2D eigenvalue weighted by molar-refractivity contribution is 7.08. The number of dihydropyridines is 1. The molecule has 3 aromatic rings. The van der Waals surface area contributed by atoms with E-state index in [2.05, 4.69) is 10.6 Å². The minimum absolute atomic E-state index is 0.0290. The molecule has 2 N–H and O–H groups in total. The summed E-state index contributed by atoms with van der Waals surface area (Å²) in [5, 5.41) is 9.71. The molecule has 4 nitrogen and oxygen atoms in total. The molecule has 2 aromatic carbocycles. The van der Waals surface area contributed by atoms with Gasteiger partial charge in [0.1, 0.15) is 0 Å². The standard InChI is InChI=1S/C28H23F3N2O2S/c1-16-24(27(35)33-21-9-5-8-20(14-21)28(29,30)31)25(18-10-11-36-15-18)26-22(32-16)12-19(13-23(26)34)17-6-3-2-4-7-17/h2-11,14-15,19,25,32H,12-13H2,1H3,(H,33,35)/t19-,25-/m0/s1. The maximum atomic E-state index is 13.5. The second kappa shape index (κ2) is 9.43. The van der Waals surface area contributed by atoms with Gasteiger partial charge >= 0.3 is 6.18 Å². The van der Waals surface area contributed by atoms with Crippen LogP contribution in [0.4, 0.5) is 18.9 Å². The number of ketones is 1. The fraction of sp³-hybridized carbons (Fsp3) is 0.214. The Morgan fingerprint density at radius 1 is 1.03 bits per heavy atom. The van der Waals surface area contributed by atoms with E-state index in [1.807, 2.05) is 47.2 Å². The number of nitrogens with one attached hydrogen (secondary N) is 2. The maximum Gasteiger partial charge on any atom is 0.416 e. The molecule has 0 spiro atoms. The Labute approximate surface area is 210 Å². The van der Waals surface area contributed by atoms with Crippen LogP contribution in [0.25, 0.3) is 0 Å². The molecule has 0 saturated carbocycles. The van der Waals surface area contributed by atoms with Crippen LogP contribution >= 0.6 is 11.3 Å². The largest absolute Gasteiger partial charge is 0.416 e. The molecule has 0 bridgehead atoms. The lowest BCUT2D eigenvalue weighted by Gasteiger charge is -2.36. The summed E-state index contributed by atoms with van der Waals surface area (Å²) in [7, 11) is 0. The number of alkyl halides is 3. The fourth-order valence-electron chi connectivity index (χ4n) is 5.05. The molecule has 2 heterocycles. The third-order valence-electron chi connectivity index (χ3n) is 6.67. The number of anilines is 1. The van der Waals surface area contributed by atoms with Gasteiger partial charge in [-0.15, -0.1) is 0 Å². The van der Waals surface area contributed by atoms with Gasteiger partial charge in [0.2, 0.25) is 0 Å². The van der Waals surface area contributed by atoms with Crippen molar-refractivity contribution in [1.29, 1.82) is 0 Å². The van der Waals surface area contributed by atoms with Gasteiger partial charge in [-0.05, 0) is 65.4 Å². The van der Waals surface area contributed by atoms with Gasteiger partial charge < -0.3 is 10.6 Å². The van der Waals surface area contributed by atoms with E-state index in [1.54, 1.807) is 6.92 Å². The smallest absolute Gasteiger partial charge is 0.362 e. The van der Waals surface area contributed by atoms with Gasteiger partial charge in [-0.1, -0.05) is 36.4 Å². The molecule has 184 valence electrons. The van der Waals surface area contributed by atoms with Crippen LogP contribution in [0.15, 0.2) is 94.0 Å². The predicted molar refractivity (Wildman–Crippen MR) is 133 cm³/mol. The van der Waals surface area contributed by atoms with Gasteiger partial charge in [-0.3, -0.25) is 9.59 Å². The number of benzene rings is 2. The molecule has 0 fully saturated rings. The minimum atomic E-state index is -4.52. The average Bonchev–Trinajstić information content (AvgIpc) is 3.38. The molecular formula is C28H23F3N2O2S. The van der Waals surface area contributed by atoms with Crippen LogP contribution in [0.3, 0.4) is 0 Å². The van der Waals surface area contributed by atoms with Crippen molar-refractivity contribution in [2.75, 3.05) is 5.32 Å². The van der Waals surface area contributed by atoms with Crippen molar-refractivity contribution in [3.8, 4) is 0 Å². The van der Waals surface area contributed by atoms with Crippen LogP contribution in [-0.2, 0) is 15.8 Å². The lowest BCUT2D eigenvalue weighted by molar-refractivity contribution is -0.137. The number of allylic oxidation sites excluding steroid dienone is 3. The van der Waals surface area contributed by atoms with Crippen molar-refractivity contribution < 1.29 is 22.8 Å². The van der Waals surface area contributed by atoms with E-state index in [1.165, 1.54) is 23.5 Å². The lowest BCUT2D eigenvalue weighted by atomic mass is 9.72. The van der Waals surface area contributed by atoms with Crippen LogP contribution < -0.4 is 10.6 Å². The summed E-state index contributed by atoms with van der Waals surface area (Å²) in [6, 6.07) is 16.3. The quantitative estimate of drug-likeness (QED) is 0.409. The first-order valence-electron chi connectivity index (χ1n) is 11.5. The van der Waals surface area contributed by atoms with Gasteiger partial charge in [0.15, 0.2) is 5.78 Å². The Bertz CT molecular complexity index is 1380. The van der Waals surface area contributed by atoms with Gasteiger partial charge in [-0.2, -0.15) is 24.5 Å². The highest BCUT2D eigenvalue weighted by Gasteiger charge is 2.41. The molecule has 0 saturated heterocycles. The van der Waals surface area contributed by atoms with Crippen molar-refractivity contribution in [3.05, 3.63) is 111 Å². The van der Waals surface area contributed by atoms with E-state index >= 15 is 0 Å². The van der Waals surface area contributed by atoms with Crippen LogP contribution in [0.1, 0.15) is 48.3 Å². The topological polar surface area (TPSA) is 58.2 Å². The molecule has 36 heavy (non-hydrogen) atoms. The van der Waals surface area contributed by atoms with E-state index in [0.717, 1.165) is 29.0 Å². The van der Waals surface area contributed by atoms with Crippen LogP contribution in [0, 0.1) is 0 Å². The molecule has 1 aliphatic heterocycles. The molecule has 5 rings (SSSR count). The summed E-state index contributed by atoms with van der Waals surface area (Å²) >= 11 is 1.46. The number of carbonyl (C=O) groups excluding carboxylic acids is 2. The fourth-order valence-corrected chi connectivity index (χ4v) is 5.73. The molecule has 2 aliphatic rings. The average molecular weight is 509 g/mol. The summed E-state index contributed by atoms with van der Waals surface area (Å²) in [6.45, 7) is 1.76. The summed E-state index contributed by atoms with van der Waals surface area (Å²) in [4.78, 5) is 27.0. The summed E-state index contributed by atoms with van der Waals surface area (Å²) in [5.74, 6) is -1.14. The number of thiophene rings is 1. The van der Waals surface area contributed by atoms with Crippen molar-refractivity contribution >= 4 is 28.7 Å². The minimum Gasteiger partial charge on any atom is -0.362 e. The third-order valence-corrected chi connectivity index (χ3v) is 7.37. The van der Waals surface area contributed by atoms with Gasteiger partial charge in [-0.25, -0.2) is 0 Å². The number of halogens is 3. The van der Waals surface area contributed by atoms with E-state index in [4.69, 9.17) is 0 Å². The zero-order chi connectivity index (χ0) is 25.4. The predicted octanol–water partition coefficient (Wildman–Crippen LogP) is 6.77.